The van der Waals surface area contributed by atoms with E-state index in [2.05, 4.69) is 112 Å². The van der Waals surface area contributed by atoms with Gasteiger partial charge in [0.15, 0.2) is 11.8 Å². The number of hydrogen-bond donors (Lipinski definition) is 4. The van der Waals surface area contributed by atoms with Gasteiger partial charge in [-0.1, -0.05) is 378 Å². The maximum atomic E-state index is 12.8. The van der Waals surface area contributed by atoms with Crippen LogP contribution in [0.1, 0.15) is 354 Å². The number of rotatable bonds is 40. The zero-order chi connectivity index (χ0) is 84.2. The van der Waals surface area contributed by atoms with Gasteiger partial charge in [0.05, 0.1) is 80.0 Å². The first kappa shape index (κ1) is 104. The van der Waals surface area contributed by atoms with Crippen molar-refractivity contribution in [1.29, 1.82) is 15.8 Å². The molecule has 2 aromatic heterocycles. The van der Waals surface area contributed by atoms with Gasteiger partial charge in [0.25, 0.3) is 11.8 Å². The Kier molecular flexibility index (Phi) is 49.2. The molecule has 7 aromatic carbocycles. The topological polar surface area (TPSA) is 202 Å². The summed E-state index contributed by atoms with van der Waals surface area (Å²) in [5, 5.41) is 48.7. The number of halogens is 3. The van der Waals surface area contributed by atoms with Gasteiger partial charge in [-0.25, -0.2) is 9.98 Å². The molecule has 11 nitrogen and oxygen atoms in total. The third-order valence-corrected chi connectivity index (χ3v) is 24.0. The highest BCUT2D eigenvalue weighted by Crippen LogP contribution is 2.41. The monoisotopic (exact) mass is 1720 g/mol. The second-order valence-corrected chi connectivity index (χ2v) is 36.2. The van der Waals surface area contributed by atoms with E-state index >= 15 is 0 Å². The van der Waals surface area contributed by atoms with Gasteiger partial charge in [-0.05, 0) is 154 Å². The number of nitrogens with one attached hydrogen (secondary N) is 2. The quantitative estimate of drug-likeness (QED) is 0.0213. The highest BCUT2D eigenvalue weighted by atomic mass is 35.5. The van der Waals surface area contributed by atoms with Crippen molar-refractivity contribution in [2.75, 3.05) is 11.5 Å². The van der Waals surface area contributed by atoms with Crippen LogP contribution in [0, 0.1) is 34.0 Å². The van der Waals surface area contributed by atoms with E-state index in [1.807, 2.05) is 102 Å². The van der Waals surface area contributed by atoms with E-state index in [1.54, 1.807) is 72.8 Å². The second kappa shape index (κ2) is 56.9. The van der Waals surface area contributed by atoms with E-state index < -0.39 is 0 Å². The number of unbranched alkanes of at least 4 members (excludes halogenated alkanes) is 30. The number of aromatic amines is 2. The van der Waals surface area contributed by atoms with Crippen molar-refractivity contribution in [1.82, 2.24) is 9.97 Å². The van der Waals surface area contributed by atoms with Crippen LogP contribution in [0.15, 0.2) is 190 Å². The maximum absolute atomic E-state index is 12.8. The number of aliphatic imine (C=N–C) groups is 2. The molecule has 0 radical (unpaired) electrons. The first-order valence-electron chi connectivity index (χ1n) is 42.9. The molecule has 4 heterocycles. The molecule has 0 aliphatic carbocycles. The fourth-order valence-corrected chi connectivity index (χ4v) is 16.3. The normalized spacial score (nSPS) is 11.6. The Morgan fingerprint density at radius 2 is 0.550 bits per heavy atom. The number of aromatic hydroxyl groups is 2. The average molecular weight is 1720 g/mol. The predicted molar refractivity (Wildman–Crippen MR) is 515 cm³/mol. The van der Waals surface area contributed by atoms with Crippen molar-refractivity contribution in [3.63, 3.8) is 0 Å². The zero-order valence-electron chi connectivity index (χ0n) is 70.6. The van der Waals surface area contributed by atoms with Gasteiger partial charge in [0.2, 0.25) is 0 Å². The third-order valence-electron chi connectivity index (χ3n) is 21.1. The molecule has 644 valence electrons. The van der Waals surface area contributed by atoms with Gasteiger partial charge in [-0.3, -0.25) is 9.59 Å². The molecule has 16 heteroatoms. The summed E-state index contributed by atoms with van der Waals surface area (Å²) in [7, 11) is 0. The van der Waals surface area contributed by atoms with Crippen molar-refractivity contribution in [2.45, 2.75) is 304 Å². The lowest BCUT2D eigenvalue weighted by molar-refractivity contribution is 0.0998. The summed E-state index contributed by atoms with van der Waals surface area (Å²) in [5.41, 5.74) is 11.8. The number of nitrogens with zero attached hydrogens (tertiary/aromatic N) is 5. The summed E-state index contributed by atoms with van der Waals surface area (Å²) in [6.07, 6.45) is 45.0. The van der Waals surface area contributed by atoms with Gasteiger partial charge in [0, 0.05) is 36.0 Å². The maximum Gasteiger partial charge on any atom is 0.280 e. The predicted octanol–water partition coefficient (Wildman–Crippen LogP) is 32.6. The summed E-state index contributed by atoms with van der Waals surface area (Å²) < 4.78 is 0. The van der Waals surface area contributed by atoms with Crippen LogP contribution in [0.2, 0.25) is 15.1 Å². The lowest BCUT2D eigenvalue weighted by atomic mass is 9.86. The van der Waals surface area contributed by atoms with Crippen LogP contribution in [0.4, 0.5) is 0 Å². The number of fused-ring (bicyclic) bond motifs is 2. The van der Waals surface area contributed by atoms with E-state index in [-0.39, 0.29) is 56.7 Å². The molecule has 0 bridgehead atoms. The molecule has 120 heavy (non-hydrogen) atoms. The van der Waals surface area contributed by atoms with Crippen LogP contribution in [0.25, 0.3) is 22.5 Å². The van der Waals surface area contributed by atoms with E-state index in [0.717, 1.165) is 39.1 Å². The van der Waals surface area contributed by atoms with E-state index in [0.29, 0.717) is 65.7 Å². The van der Waals surface area contributed by atoms with Gasteiger partial charge in [0.1, 0.15) is 0 Å². The Labute approximate surface area is 745 Å². The van der Waals surface area contributed by atoms with Crippen LogP contribution in [-0.4, -0.2) is 54.9 Å². The molecular formula is C104H136Cl3N7O4S2. The Balaban J connectivity index is 0.000000340. The number of nitriles is 3. The molecule has 9 aromatic rings. The lowest BCUT2D eigenvalue weighted by Crippen LogP contribution is -2.11. The summed E-state index contributed by atoms with van der Waals surface area (Å²) >= 11 is 21.3. The van der Waals surface area contributed by atoms with Crippen molar-refractivity contribution < 1.29 is 19.8 Å². The minimum absolute atomic E-state index is 0. The van der Waals surface area contributed by atoms with Crippen LogP contribution >= 0.6 is 58.3 Å². The second-order valence-electron chi connectivity index (χ2n) is 32.6. The van der Waals surface area contributed by atoms with Crippen LogP contribution in [-0.2, 0) is 10.8 Å². The van der Waals surface area contributed by atoms with Crippen molar-refractivity contribution in [3.8, 4) is 52.5 Å². The number of carbonyl (C=O) groups excluding carboxylic acids is 2. The standard InChI is InChI=1S/C36H47ClN2O2S.C25H41NS.C22H19ClN2O2.C11H13N.C7H4ClN.3CH4/c1-2-3-4-5-6-7-8-9-10-11-12-13-14-15-16-17-26-42-30-24-20-28(21-25-30)34-32-31(35(40)39-34)33(38-36(32)41)27-18-22-29(37)23-19-27;1-2-3-4-5-6-7-8-9-10-11-12-13-14-15-16-17-22-27-25-20-18-24(23-26)19-21-25;1-22(2,3)14-8-4-12(5-9-14)18-16-17(21(27)24-18)19(25-20(16)26)13-6-10-15(23)11-7-13;1-11(2,3)10-6-4-9(8-12)5-7-10;8-7-3-1-6(5-9)2-4-7;;;/h18-25,39-40H,2-17,26H2,1H3;18-21H,2-17,22H2,1H3;4-11,25-26H,1-3H3;4-7H,1-3H3;1-4H;3*1H4. The molecule has 0 saturated carbocycles. The van der Waals surface area contributed by atoms with E-state index in [9.17, 15) is 19.8 Å². The number of benzene rings is 7. The number of carbonyl (C=O) groups is 2. The Morgan fingerprint density at radius 1 is 0.325 bits per heavy atom. The number of thioether (sulfide) groups is 2. The first-order valence-corrected chi connectivity index (χ1v) is 46.0. The van der Waals surface area contributed by atoms with Crippen LogP contribution < -0.4 is 0 Å². The minimum atomic E-state index is -0.360. The summed E-state index contributed by atoms with van der Waals surface area (Å²) in [6, 6.07) is 59.1. The fraction of sp³-hybridized carbons (Fsp3) is 0.452. The van der Waals surface area contributed by atoms with Gasteiger partial charge in [-0.15, -0.1) is 23.5 Å². The number of hydrogen-bond acceptors (Lipinski definition) is 9. The highest BCUT2D eigenvalue weighted by molar-refractivity contribution is 7.99. The number of aromatic nitrogens is 2. The molecule has 11 rings (SSSR count). The smallest absolute Gasteiger partial charge is 0.280 e. The Bertz CT molecular complexity index is 4630. The summed E-state index contributed by atoms with van der Waals surface area (Å²) in [4.78, 5) is 42.3. The zero-order valence-corrected chi connectivity index (χ0v) is 74.5. The molecule has 2 amide bonds. The van der Waals surface area contributed by atoms with E-state index in [1.165, 1.54) is 232 Å². The van der Waals surface area contributed by atoms with Gasteiger partial charge < -0.3 is 20.2 Å². The van der Waals surface area contributed by atoms with Gasteiger partial charge >= 0.3 is 0 Å². The molecule has 0 spiro atoms. The molecule has 0 atom stereocenters. The highest BCUT2D eigenvalue weighted by Gasteiger charge is 2.35. The molecule has 2 aliphatic heterocycles. The van der Waals surface area contributed by atoms with Gasteiger partial charge in [-0.2, -0.15) is 15.8 Å². The van der Waals surface area contributed by atoms with Crippen LogP contribution in [0.5, 0.6) is 11.8 Å². The molecule has 4 N–H and O–H groups in total. The average Bonchev–Trinajstić information content (AvgIpc) is 1.60. The largest absolute Gasteiger partial charge is 0.494 e. The molecule has 0 unspecified atom stereocenters. The first-order chi connectivity index (χ1) is 56.6. The molecule has 0 saturated heterocycles. The summed E-state index contributed by atoms with van der Waals surface area (Å²) in [5.74, 6) is 1.52. The minimum Gasteiger partial charge on any atom is -0.494 e. The van der Waals surface area contributed by atoms with E-state index in [4.69, 9.17) is 50.6 Å². The number of amides is 2. The van der Waals surface area contributed by atoms with Crippen molar-refractivity contribution in [2.24, 2.45) is 9.98 Å². The molecule has 2 aliphatic rings. The SMILES string of the molecule is C.C.C.CC(C)(C)c1ccc(C#N)cc1.CC(C)(C)c1ccc(C2=NC(=O)c3c(-c4ccc(Cl)cc4)[nH]c(O)c32)cc1.CCCCCCCCCCCCCCCCCCSc1ccc(-c2[nH]c(O)c3c2C(=O)N=C3c2ccc(Cl)cc2)cc1.CCCCCCCCCCCCCCCCCCSc1ccc(C#N)cc1.N#Cc1ccc(Cl)cc1. The fourth-order valence-electron chi connectivity index (χ4n) is 14.1. The Hall–Kier alpha value is -8.58. The van der Waals surface area contributed by atoms with Crippen LogP contribution in [0.3, 0.4) is 0 Å². The van der Waals surface area contributed by atoms with Crippen molar-refractivity contribution >= 4 is 81.6 Å². The molecular weight excluding hydrogens is 1580 g/mol. The summed E-state index contributed by atoms with van der Waals surface area (Å²) in [6.45, 7) is 17.5. The lowest BCUT2D eigenvalue weighted by Gasteiger charge is -2.19. The Morgan fingerprint density at radius 3 is 0.833 bits per heavy atom. The third kappa shape index (κ3) is 35.8. The number of H-pyrrole nitrogens is 2. The van der Waals surface area contributed by atoms with Crippen molar-refractivity contribution in [3.05, 3.63) is 246 Å². The molecule has 0 fully saturated rings.